The van der Waals surface area contributed by atoms with Crippen LogP contribution < -0.4 is 9.47 Å². The van der Waals surface area contributed by atoms with E-state index in [0.29, 0.717) is 13.0 Å². The van der Waals surface area contributed by atoms with Gasteiger partial charge in [-0.25, -0.2) is 0 Å². The van der Waals surface area contributed by atoms with Crippen LogP contribution in [-0.4, -0.2) is 5.91 Å². The Morgan fingerprint density at radius 3 is 1.83 bits per heavy atom. The van der Waals surface area contributed by atoms with E-state index >= 15 is 0 Å². The van der Waals surface area contributed by atoms with E-state index in [2.05, 4.69) is 66.3 Å². The van der Waals surface area contributed by atoms with Gasteiger partial charge in [0.25, 0.3) is 0 Å². The van der Waals surface area contributed by atoms with Crippen molar-refractivity contribution < 1.29 is 9.36 Å². The molecule has 0 saturated heterocycles. The summed E-state index contributed by atoms with van der Waals surface area (Å²) >= 11 is 0. The predicted molar refractivity (Wildman–Crippen MR) is 151 cm³/mol. The molecule has 0 aliphatic rings. The first-order valence-electron chi connectivity index (χ1n) is 14.1. The summed E-state index contributed by atoms with van der Waals surface area (Å²) in [5.41, 5.74) is 3.37. The number of anilines is 1. The lowest BCUT2D eigenvalue weighted by molar-refractivity contribution is -0.687. The Hall–Kier alpha value is -2.94. The van der Waals surface area contributed by atoms with Crippen LogP contribution in [0, 0.1) is 0 Å². The molecule has 0 aliphatic heterocycles. The molecule has 3 aromatic rings. The second-order valence-electron chi connectivity index (χ2n) is 9.97. The van der Waals surface area contributed by atoms with Gasteiger partial charge >= 0.3 is 0 Å². The zero-order chi connectivity index (χ0) is 25.3. The van der Waals surface area contributed by atoms with E-state index in [0.717, 1.165) is 30.6 Å². The van der Waals surface area contributed by atoms with Gasteiger partial charge in [0, 0.05) is 18.1 Å². The van der Waals surface area contributed by atoms with Gasteiger partial charge in [-0.2, -0.15) is 4.57 Å². The lowest BCUT2D eigenvalue weighted by Crippen LogP contribution is -2.37. The van der Waals surface area contributed by atoms with E-state index in [-0.39, 0.29) is 5.91 Å². The number of carbonyl (C=O) groups excluding carboxylic acids is 1. The monoisotopic (exact) mass is 485 g/mol. The third-order valence-corrected chi connectivity index (χ3v) is 6.84. The van der Waals surface area contributed by atoms with Gasteiger partial charge in [0.1, 0.15) is 5.69 Å². The average molecular weight is 486 g/mol. The maximum atomic E-state index is 13.4. The van der Waals surface area contributed by atoms with Crippen LogP contribution in [0.5, 0.6) is 0 Å². The van der Waals surface area contributed by atoms with E-state index in [1.807, 2.05) is 35.2 Å². The summed E-state index contributed by atoms with van der Waals surface area (Å²) in [5.74, 6) is 0.215. The number of rotatable bonds is 17. The molecule has 3 rings (SSSR count). The summed E-state index contributed by atoms with van der Waals surface area (Å²) in [6, 6.07) is 24.9. The highest BCUT2D eigenvalue weighted by Crippen LogP contribution is 2.19. The number of unbranched alkanes of at least 4 members (excludes halogenated alkanes) is 10. The van der Waals surface area contributed by atoms with E-state index in [1.165, 1.54) is 63.4 Å². The Morgan fingerprint density at radius 2 is 1.22 bits per heavy atom. The molecule has 0 unspecified atom stereocenters. The molecule has 2 aromatic carbocycles. The van der Waals surface area contributed by atoms with Gasteiger partial charge < -0.3 is 4.90 Å². The first-order chi connectivity index (χ1) is 17.8. The van der Waals surface area contributed by atoms with Crippen LogP contribution in [0.1, 0.15) is 95.1 Å². The third-order valence-electron chi connectivity index (χ3n) is 6.84. The van der Waals surface area contributed by atoms with Gasteiger partial charge in [0.2, 0.25) is 5.91 Å². The van der Waals surface area contributed by atoms with Crippen LogP contribution in [0.3, 0.4) is 0 Å². The van der Waals surface area contributed by atoms with Gasteiger partial charge in [0.15, 0.2) is 18.9 Å². The van der Waals surface area contributed by atoms with E-state index < -0.39 is 0 Å². The SMILES string of the molecule is CCCCCCCCCCCCCC(=O)N(Cc1ccccc1)c1ccc[n+](Cc2ccccc2)c1. The molecule has 0 fully saturated rings. The number of amides is 1. The first kappa shape index (κ1) is 27.6. The highest BCUT2D eigenvalue weighted by atomic mass is 16.2. The quantitative estimate of drug-likeness (QED) is 0.139. The van der Waals surface area contributed by atoms with Crippen molar-refractivity contribution in [3.05, 3.63) is 96.3 Å². The molecule has 3 nitrogen and oxygen atoms in total. The van der Waals surface area contributed by atoms with Gasteiger partial charge in [-0.3, -0.25) is 4.79 Å². The van der Waals surface area contributed by atoms with Crippen LogP contribution in [0.15, 0.2) is 85.2 Å². The van der Waals surface area contributed by atoms with Crippen LogP contribution >= 0.6 is 0 Å². The number of benzene rings is 2. The van der Waals surface area contributed by atoms with E-state index in [9.17, 15) is 4.79 Å². The molecule has 0 atom stereocenters. The first-order valence-corrected chi connectivity index (χ1v) is 14.1. The third kappa shape index (κ3) is 10.4. The highest BCUT2D eigenvalue weighted by Gasteiger charge is 2.19. The van der Waals surface area contributed by atoms with Gasteiger partial charge in [-0.15, -0.1) is 0 Å². The molecule has 1 heterocycles. The Balaban J connectivity index is 1.51. The number of aromatic nitrogens is 1. The van der Waals surface area contributed by atoms with Crippen molar-refractivity contribution >= 4 is 11.6 Å². The molecule has 1 aromatic heterocycles. The molecule has 0 bridgehead atoms. The normalized spacial score (nSPS) is 10.9. The molecular weight excluding hydrogens is 440 g/mol. The maximum absolute atomic E-state index is 13.4. The van der Waals surface area contributed by atoms with Crippen molar-refractivity contribution in [2.45, 2.75) is 97.1 Å². The van der Waals surface area contributed by atoms with Crippen LogP contribution in [-0.2, 0) is 17.9 Å². The van der Waals surface area contributed by atoms with Crippen LogP contribution in [0.4, 0.5) is 5.69 Å². The van der Waals surface area contributed by atoms with Crippen molar-refractivity contribution in [1.29, 1.82) is 0 Å². The molecular formula is C33H45N2O+. The smallest absolute Gasteiger partial charge is 0.227 e. The highest BCUT2D eigenvalue weighted by molar-refractivity contribution is 5.92. The second-order valence-corrected chi connectivity index (χ2v) is 9.97. The molecule has 1 amide bonds. The summed E-state index contributed by atoms with van der Waals surface area (Å²) in [6.45, 7) is 3.67. The molecule has 0 saturated carbocycles. The van der Waals surface area contributed by atoms with Gasteiger partial charge in [-0.1, -0.05) is 132 Å². The summed E-state index contributed by atoms with van der Waals surface area (Å²) in [6.07, 6.45) is 19.0. The number of hydrogen-bond acceptors (Lipinski definition) is 1. The van der Waals surface area contributed by atoms with E-state index in [4.69, 9.17) is 0 Å². The fraction of sp³-hybridized carbons (Fsp3) is 0.455. The number of carbonyl (C=O) groups is 1. The molecule has 0 spiro atoms. The zero-order valence-electron chi connectivity index (χ0n) is 22.3. The minimum atomic E-state index is 0.215. The minimum absolute atomic E-state index is 0.215. The Morgan fingerprint density at radius 1 is 0.667 bits per heavy atom. The van der Waals surface area contributed by atoms with Crippen molar-refractivity contribution in [2.24, 2.45) is 0 Å². The predicted octanol–water partition coefficient (Wildman–Crippen LogP) is 8.26. The zero-order valence-corrected chi connectivity index (χ0v) is 22.3. The molecule has 0 radical (unpaired) electrons. The van der Waals surface area contributed by atoms with Gasteiger partial charge in [0.05, 0.1) is 6.54 Å². The summed E-state index contributed by atoms with van der Waals surface area (Å²) in [5, 5.41) is 0. The molecule has 0 aliphatic carbocycles. The molecule has 36 heavy (non-hydrogen) atoms. The topological polar surface area (TPSA) is 24.2 Å². The van der Waals surface area contributed by atoms with Crippen LogP contribution in [0.2, 0.25) is 0 Å². The molecule has 3 heteroatoms. The van der Waals surface area contributed by atoms with Crippen molar-refractivity contribution in [1.82, 2.24) is 0 Å². The Labute approximate surface area is 219 Å². The van der Waals surface area contributed by atoms with Crippen LogP contribution in [0.25, 0.3) is 0 Å². The average Bonchev–Trinajstić information content (AvgIpc) is 2.91. The van der Waals surface area contributed by atoms with Crippen molar-refractivity contribution in [3.8, 4) is 0 Å². The van der Waals surface area contributed by atoms with Crippen molar-refractivity contribution in [3.63, 3.8) is 0 Å². The lowest BCUT2D eigenvalue weighted by atomic mass is 10.0. The lowest BCUT2D eigenvalue weighted by Gasteiger charge is -2.22. The summed E-state index contributed by atoms with van der Waals surface area (Å²) < 4.78 is 2.16. The molecule has 0 N–H and O–H groups in total. The van der Waals surface area contributed by atoms with Crippen molar-refractivity contribution in [2.75, 3.05) is 4.90 Å². The Kier molecular flexibility index (Phi) is 12.8. The standard InChI is InChI=1S/C33H45N2O/c1-2-3-4-5-6-7-8-9-10-11-18-25-33(36)35(28-31-22-16-13-17-23-31)32-24-19-26-34(29-32)27-30-20-14-12-15-21-30/h12-17,19-24,26,29H,2-11,18,25,27-28H2,1H3/q+1. The maximum Gasteiger partial charge on any atom is 0.227 e. The number of pyridine rings is 1. The minimum Gasteiger partial charge on any atom is -0.303 e. The number of hydrogen-bond donors (Lipinski definition) is 0. The summed E-state index contributed by atoms with van der Waals surface area (Å²) in [7, 11) is 0. The fourth-order valence-electron chi connectivity index (χ4n) is 4.73. The second kappa shape index (κ2) is 16.7. The number of nitrogens with zero attached hydrogens (tertiary/aromatic N) is 2. The van der Waals surface area contributed by atoms with E-state index in [1.54, 1.807) is 0 Å². The van der Waals surface area contributed by atoms with Gasteiger partial charge in [-0.05, 0) is 18.1 Å². The Bertz CT molecular complexity index is 987. The largest absolute Gasteiger partial charge is 0.303 e. The fourth-order valence-corrected chi connectivity index (χ4v) is 4.73. The summed E-state index contributed by atoms with van der Waals surface area (Å²) in [4.78, 5) is 15.4. The molecule has 192 valence electrons.